The van der Waals surface area contributed by atoms with Crippen molar-refractivity contribution in [3.8, 4) is 0 Å². The first kappa shape index (κ1) is 12.9. The fraction of sp³-hybridized carbons (Fsp3) is 0.429. The molecule has 3 rings (SSSR count). The van der Waals surface area contributed by atoms with Crippen molar-refractivity contribution in [2.75, 3.05) is 6.61 Å². The van der Waals surface area contributed by atoms with Gasteiger partial charge in [-0.25, -0.2) is 0 Å². The molecule has 0 aliphatic carbocycles. The van der Waals surface area contributed by atoms with Crippen LogP contribution in [0.25, 0.3) is 10.1 Å². The lowest BCUT2D eigenvalue weighted by Gasteiger charge is -2.19. The number of halogens is 2. The molecule has 3 atom stereocenters. The molecule has 1 aromatic carbocycles. The number of rotatable bonds is 2. The Balaban J connectivity index is 2.01. The summed E-state index contributed by atoms with van der Waals surface area (Å²) < 4.78 is 8.06. The summed E-state index contributed by atoms with van der Waals surface area (Å²) in [5.41, 5.74) is 1.25. The highest BCUT2D eigenvalue weighted by Crippen LogP contribution is 2.43. The van der Waals surface area contributed by atoms with Crippen molar-refractivity contribution in [1.29, 1.82) is 0 Å². The molecule has 0 saturated carbocycles. The topological polar surface area (TPSA) is 9.23 Å². The molecule has 0 bridgehead atoms. The van der Waals surface area contributed by atoms with Crippen LogP contribution in [0.3, 0.4) is 0 Å². The van der Waals surface area contributed by atoms with E-state index in [4.69, 9.17) is 16.3 Å². The van der Waals surface area contributed by atoms with E-state index in [1.807, 2.05) is 0 Å². The number of alkyl halides is 1. The van der Waals surface area contributed by atoms with Gasteiger partial charge in [0.25, 0.3) is 0 Å². The lowest BCUT2D eigenvalue weighted by atomic mass is 9.93. The van der Waals surface area contributed by atoms with Gasteiger partial charge in [-0.1, -0.05) is 12.1 Å². The maximum atomic E-state index is 6.69. The SMILES string of the molecule is CC1OCCC1C(Cl)c1csc2c(Br)cccc12. The molecule has 0 amide bonds. The lowest BCUT2D eigenvalue weighted by molar-refractivity contribution is 0.105. The molecule has 2 aromatic rings. The minimum Gasteiger partial charge on any atom is -0.378 e. The number of ether oxygens (including phenoxy) is 1. The van der Waals surface area contributed by atoms with Gasteiger partial charge in [0.05, 0.1) is 11.5 Å². The smallest absolute Gasteiger partial charge is 0.0653 e. The summed E-state index contributed by atoms with van der Waals surface area (Å²) in [5.74, 6) is 0.420. The van der Waals surface area contributed by atoms with Gasteiger partial charge in [-0.3, -0.25) is 0 Å². The molecule has 1 nitrogen and oxygen atoms in total. The Bertz CT molecular complexity index is 568. The van der Waals surface area contributed by atoms with E-state index in [2.05, 4.69) is 46.4 Å². The van der Waals surface area contributed by atoms with Crippen LogP contribution in [0.2, 0.25) is 0 Å². The molecule has 0 N–H and O–H groups in total. The van der Waals surface area contributed by atoms with Crippen LogP contribution in [0.15, 0.2) is 28.1 Å². The number of fused-ring (bicyclic) bond motifs is 1. The second-order valence-corrected chi connectivity index (χ2v) is 6.94. The van der Waals surface area contributed by atoms with Gasteiger partial charge < -0.3 is 4.74 Å². The maximum Gasteiger partial charge on any atom is 0.0653 e. The standard InChI is InChI=1S/C14H14BrClOS/c1-8-9(5-6-17-8)13(16)11-7-18-14-10(11)3-2-4-12(14)15/h2-4,7-9,13H,5-6H2,1H3. The Morgan fingerprint density at radius 1 is 1.50 bits per heavy atom. The van der Waals surface area contributed by atoms with Crippen LogP contribution in [0.1, 0.15) is 24.3 Å². The van der Waals surface area contributed by atoms with Crippen LogP contribution in [0.4, 0.5) is 0 Å². The molecule has 0 spiro atoms. The predicted octanol–water partition coefficient (Wildman–Crippen LogP) is 5.37. The normalized spacial score (nSPS) is 25.7. The Morgan fingerprint density at radius 2 is 2.33 bits per heavy atom. The summed E-state index contributed by atoms with van der Waals surface area (Å²) in [4.78, 5) is 0. The van der Waals surface area contributed by atoms with Crippen molar-refractivity contribution in [2.45, 2.75) is 24.8 Å². The quantitative estimate of drug-likeness (QED) is 0.665. The zero-order chi connectivity index (χ0) is 12.7. The molecule has 2 heterocycles. The first-order chi connectivity index (χ1) is 8.68. The van der Waals surface area contributed by atoms with Crippen molar-refractivity contribution >= 4 is 49.0 Å². The van der Waals surface area contributed by atoms with Crippen LogP contribution < -0.4 is 0 Å². The van der Waals surface area contributed by atoms with E-state index in [0.717, 1.165) is 17.5 Å². The van der Waals surface area contributed by atoms with Gasteiger partial charge in [-0.05, 0) is 51.7 Å². The highest BCUT2D eigenvalue weighted by atomic mass is 79.9. The third kappa shape index (κ3) is 2.11. The van der Waals surface area contributed by atoms with Gasteiger partial charge in [-0.2, -0.15) is 0 Å². The Labute approximate surface area is 124 Å². The minimum absolute atomic E-state index is 0.0468. The van der Waals surface area contributed by atoms with Crippen molar-refractivity contribution in [2.24, 2.45) is 5.92 Å². The van der Waals surface area contributed by atoms with Gasteiger partial charge >= 0.3 is 0 Å². The third-order valence-electron chi connectivity index (χ3n) is 3.69. The lowest BCUT2D eigenvalue weighted by Crippen LogP contribution is -2.16. The fourth-order valence-electron chi connectivity index (χ4n) is 2.62. The summed E-state index contributed by atoms with van der Waals surface area (Å²) in [7, 11) is 0. The molecule has 1 aromatic heterocycles. The van der Waals surface area contributed by atoms with E-state index in [9.17, 15) is 0 Å². The molecule has 4 heteroatoms. The molecule has 0 radical (unpaired) electrons. The average Bonchev–Trinajstić information content (AvgIpc) is 2.95. The maximum absolute atomic E-state index is 6.69. The summed E-state index contributed by atoms with van der Waals surface area (Å²) in [6, 6.07) is 6.30. The second kappa shape index (κ2) is 5.12. The van der Waals surface area contributed by atoms with Gasteiger partial charge in [0.1, 0.15) is 0 Å². The van der Waals surface area contributed by atoms with Gasteiger partial charge in [-0.15, -0.1) is 22.9 Å². The highest BCUT2D eigenvalue weighted by molar-refractivity contribution is 9.10. The minimum atomic E-state index is 0.0468. The molecule has 1 aliphatic heterocycles. The first-order valence-electron chi connectivity index (χ1n) is 6.10. The number of hydrogen-bond donors (Lipinski definition) is 0. The fourth-order valence-corrected chi connectivity index (χ4v) is 4.86. The van der Waals surface area contributed by atoms with E-state index in [0.29, 0.717) is 5.92 Å². The van der Waals surface area contributed by atoms with Crippen molar-refractivity contribution in [3.05, 3.63) is 33.6 Å². The van der Waals surface area contributed by atoms with Crippen molar-refractivity contribution in [3.63, 3.8) is 0 Å². The van der Waals surface area contributed by atoms with Crippen LogP contribution in [0.5, 0.6) is 0 Å². The Hall–Kier alpha value is -0.0900. The Morgan fingerprint density at radius 3 is 3.06 bits per heavy atom. The summed E-state index contributed by atoms with van der Waals surface area (Å²) >= 11 is 12.0. The van der Waals surface area contributed by atoms with Gasteiger partial charge in [0.15, 0.2) is 0 Å². The van der Waals surface area contributed by atoms with Crippen molar-refractivity contribution < 1.29 is 4.74 Å². The molecule has 1 fully saturated rings. The number of thiophene rings is 1. The van der Waals surface area contributed by atoms with Crippen LogP contribution in [0, 0.1) is 5.92 Å². The molecule has 18 heavy (non-hydrogen) atoms. The van der Waals surface area contributed by atoms with Crippen LogP contribution in [-0.2, 0) is 4.74 Å². The molecule has 1 saturated heterocycles. The molecule has 1 aliphatic rings. The largest absolute Gasteiger partial charge is 0.378 e. The summed E-state index contributed by atoms with van der Waals surface area (Å²) in [6.07, 6.45) is 1.32. The van der Waals surface area contributed by atoms with E-state index in [1.54, 1.807) is 11.3 Å². The first-order valence-corrected chi connectivity index (χ1v) is 8.20. The van der Waals surface area contributed by atoms with E-state index < -0.39 is 0 Å². The van der Waals surface area contributed by atoms with Crippen molar-refractivity contribution in [1.82, 2.24) is 0 Å². The molecule has 3 unspecified atom stereocenters. The number of benzene rings is 1. The molecular formula is C14H14BrClOS. The van der Waals surface area contributed by atoms with E-state index in [-0.39, 0.29) is 11.5 Å². The second-order valence-electron chi connectivity index (χ2n) is 4.74. The van der Waals surface area contributed by atoms with E-state index >= 15 is 0 Å². The zero-order valence-electron chi connectivity index (χ0n) is 10.0. The summed E-state index contributed by atoms with van der Waals surface area (Å²) in [6.45, 7) is 2.96. The Kier molecular flexibility index (Phi) is 3.68. The van der Waals surface area contributed by atoms with Gasteiger partial charge in [0, 0.05) is 21.7 Å². The average molecular weight is 346 g/mol. The number of hydrogen-bond acceptors (Lipinski definition) is 2. The third-order valence-corrected chi connectivity index (χ3v) is 6.22. The van der Waals surface area contributed by atoms with Gasteiger partial charge in [0.2, 0.25) is 0 Å². The van der Waals surface area contributed by atoms with E-state index in [1.165, 1.54) is 15.6 Å². The zero-order valence-corrected chi connectivity index (χ0v) is 13.2. The van der Waals surface area contributed by atoms with Crippen LogP contribution >= 0.6 is 38.9 Å². The summed E-state index contributed by atoms with van der Waals surface area (Å²) in [5, 5.41) is 3.51. The molecule has 96 valence electrons. The predicted molar refractivity (Wildman–Crippen MR) is 81.6 cm³/mol. The van der Waals surface area contributed by atoms with Crippen LogP contribution in [-0.4, -0.2) is 12.7 Å². The highest BCUT2D eigenvalue weighted by Gasteiger charge is 2.32. The monoisotopic (exact) mass is 344 g/mol. The molecular weight excluding hydrogens is 332 g/mol.